The maximum Gasteiger partial charge on any atom is 0.264 e. The summed E-state index contributed by atoms with van der Waals surface area (Å²) in [6, 6.07) is 26.5. The third-order valence-electron chi connectivity index (χ3n) is 8.81. The van der Waals surface area contributed by atoms with Crippen LogP contribution in [-0.4, -0.2) is 50.9 Å². The van der Waals surface area contributed by atoms with Gasteiger partial charge in [-0.2, -0.15) is 0 Å². The smallest absolute Gasteiger partial charge is 0.264 e. The highest BCUT2D eigenvalue weighted by molar-refractivity contribution is 7.92. The minimum absolute atomic E-state index is 0.000774. The van der Waals surface area contributed by atoms with Crippen molar-refractivity contribution >= 4 is 50.7 Å². The topological polar surface area (TPSA) is 96.0 Å². The lowest BCUT2D eigenvalue weighted by atomic mass is 9.94. The zero-order valence-electron chi connectivity index (χ0n) is 27.6. The van der Waals surface area contributed by atoms with Crippen molar-refractivity contribution in [2.45, 2.75) is 69.0 Å². The molecule has 0 heterocycles. The number of hydrogen-bond acceptors (Lipinski definition) is 5. The first kappa shape index (κ1) is 36.2. The van der Waals surface area contributed by atoms with Gasteiger partial charge in [0, 0.05) is 19.0 Å². The number of benzene rings is 4. The van der Waals surface area contributed by atoms with E-state index < -0.39 is 28.5 Å². The van der Waals surface area contributed by atoms with Crippen LogP contribution in [0.4, 0.5) is 5.69 Å². The highest BCUT2D eigenvalue weighted by Gasteiger charge is 2.35. The maximum atomic E-state index is 14.7. The molecule has 0 spiro atoms. The number of aryl methyl sites for hydroxylation is 1. The summed E-state index contributed by atoms with van der Waals surface area (Å²) in [5, 5.41) is 3.87. The molecule has 258 valence electrons. The van der Waals surface area contributed by atoms with E-state index in [1.165, 1.54) is 24.1 Å². The van der Waals surface area contributed by atoms with Crippen LogP contribution in [0.5, 0.6) is 5.75 Å². The summed E-state index contributed by atoms with van der Waals surface area (Å²) < 4.78 is 34.9. The number of carbonyl (C=O) groups is 2. The zero-order chi connectivity index (χ0) is 35.0. The Balaban J connectivity index is 1.57. The summed E-state index contributed by atoms with van der Waals surface area (Å²) in [6.07, 6.45) is 5.12. The predicted octanol–water partition coefficient (Wildman–Crippen LogP) is 7.59. The van der Waals surface area contributed by atoms with Crippen molar-refractivity contribution in [3.8, 4) is 5.75 Å². The van der Waals surface area contributed by atoms with E-state index in [1.54, 1.807) is 54.6 Å². The van der Waals surface area contributed by atoms with Crippen LogP contribution in [0.25, 0.3) is 0 Å². The molecule has 1 N–H and O–H groups in total. The van der Waals surface area contributed by atoms with Crippen molar-refractivity contribution in [3.05, 3.63) is 124 Å². The molecule has 11 heteroatoms. The lowest BCUT2D eigenvalue weighted by Gasteiger charge is -2.35. The Hall–Kier alpha value is -4.05. The van der Waals surface area contributed by atoms with E-state index in [0.717, 1.165) is 47.5 Å². The average molecular weight is 723 g/mol. The van der Waals surface area contributed by atoms with Crippen LogP contribution in [-0.2, 0) is 32.6 Å². The highest BCUT2D eigenvalue weighted by atomic mass is 35.5. The number of rotatable bonds is 13. The van der Waals surface area contributed by atoms with Crippen molar-refractivity contribution in [1.82, 2.24) is 10.2 Å². The van der Waals surface area contributed by atoms with Gasteiger partial charge in [0.25, 0.3) is 10.0 Å². The van der Waals surface area contributed by atoms with Crippen LogP contribution in [0.1, 0.15) is 48.8 Å². The standard InChI is InChI=1S/C38H41Cl2N3O5S/c1-27-13-20-33(21-14-27)49(46,47)43(31-16-18-32(48-2)19-17-31)26-37(44)42(25-29-15-22-34(39)35(40)23-29)36(24-28-9-5-3-6-10-28)38(45)41-30-11-7-4-8-12-30/h3,5-6,9-10,13-23,30,36H,4,7-8,11-12,24-26H2,1-2H3,(H,41,45). The van der Waals surface area contributed by atoms with Gasteiger partial charge in [0.15, 0.2) is 0 Å². The molecule has 4 aromatic rings. The molecule has 0 aliphatic heterocycles. The number of ether oxygens (including phenoxy) is 1. The summed E-state index contributed by atoms with van der Waals surface area (Å²) in [5.74, 6) is -0.315. The Morgan fingerprint density at radius 1 is 0.857 bits per heavy atom. The molecular weight excluding hydrogens is 681 g/mol. The molecule has 1 saturated carbocycles. The van der Waals surface area contributed by atoms with Gasteiger partial charge < -0.3 is 15.0 Å². The number of nitrogens with one attached hydrogen (secondary N) is 1. The number of anilines is 1. The number of carbonyl (C=O) groups excluding carboxylic acids is 2. The average Bonchev–Trinajstić information content (AvgIpc) is 3.11. The van der Waals surface area contributed by atoms with Gasteiger partial charge in [-0.05, 0) is 79.4 Å². The second-order valence-electron chi connectivity index (χ2n) is 12.3. The van der Waals surface area contributed by atoms with E-state index in [4.69, 9.17) is 27.9 Å². The monoisotopic (exact) mass is 721 g/mol. The fourth-order valence-corrected chi connectivity index (χ4v) is 7.78. The molecule has 8 nitrogen and oxygen atoms in total. The van der Waals surface area contributed by atoms with Gasteiger partial charge in [0.1, 0.15) is 18.3 Å². The van der Waals surface area contributed by atoms with E-state index in [0.29, 0.717) is 21.4 Å². The van der Waals surface area contributed by atoms with Crippen LogP contribution in [0.15, 0.2) is 102 Å². The fraction of sp³-hybridized carbons (Fsp3) is 0.316. The molecule has 1 unspecified atom stereocenters. The quantitative estimate of drug-likeness (QED) is 0.154. The van der Waals surface area contributed by atoms with Gasteiger partial charge in [-0.1, -0.05) is 96.6 Å². The van der Waals surface area contributed by atoms with Crippen LogP contribution in [0.3, 0.4) is 0 Å². The van der Waals surface area contributed by atoms with Gasteiger partial charge in [0.05, 0.1) is 27.7 Å². The van der Waals surface area contributed by atoms with Gasteiger partial charge >= 0.3 is 0 Å². The number of amides is 2. The molecule has 1 fully saturated rings. The van der Waals surface area contributed by atoms with Crippen LogP contribution < -0.4 is 14.4 Å². The Labute approximate surface area is 299 Å². The minimum Gasteiger partial charge on any atom is -0.497 e. The maximum absolute atomic E-state index is 14.7. The van der Waals surface area contributed by atoms with E-state index >= 15 is 0 Å². The lowest BCUT2D eigenvalue weighted by molar-refractivity contribution is -0.140. The van der Waals surface area contributed by atoms with Crippen molar-refractivity contribution in [2.24, 2.45) is 0 Å². The molecule has 1 aliphatic rings. The SMILES string of the molecule is COc1ccc(N(CC(=O)N(Cc2ccc(Cl)c(Cl)c2)C(Cc2ccccc2)C(=O)NC2CCCCC2)S(=O)(=O)c2ccc(C)cc2)cc1. The normalized spacial score (nSPS) is 14.1. The van der Waals surface area contributed by atoms with Gasteiger partial charge in [-0.3, -0.25) is 13.9 Å². The summed E-state index contributed by atoms with van der Waals surface area (Å²) in [5.41, 5.74) is 2.67. The second kappa shape index (κ2) is 16.6. The number of nitrogens with zero attached hydrogens (tertiary/aromatic N) is 2. The molecule has 2 amide bonds. The molecule has 5 rings (SSSR count). The number of halogens is 2. The zero-order valence-corrected chi connectivity index (χ0v) is 30.0. The Kier molecular flexibility index (Phi) is 12.3. The Morgan fingerprint density at radius 3 is 2.16 bits per heavy atom. The fourth-order valence-electron chi connectivity index (χ4n) is 6.05. The summed E-state index contributed by atoms with van der Waals surface area (Å²) in [6.45, 7) is 1.30. The molecule has 0 aromatic heterocycles. The Morgan fingerprint density at radius 2 is 1.53 bits per heavy atom. The first-order valence-electron chi connectivity index (χ1n) is 16.4. The van der Waals surface area contributed by atoms with Gasteiger partial charge in [0.2, 0.25) is 11.8 Å². The molecule has 1 atom stereocenters. The molecule has 0 radical (unpaired) electrons. The largest absolute Gasteiger partial charge is 0.497 e. The van der Waals surface area contributed by atoms with E-state index in [2.05, 4.69) is 5.32 Å². The van der Waals surface area contributed by atoms with Crippen LogP contribution >= 0.6 is 23.2 Å². The van der Waals surface area contributed by atoms with E-state index in [1.807, 2.05) is 37.3 Å². The summed E-state index contributed by atoms with van der Waals surface area (Å²) >= 11 is 12.6. The van der Waals surface area contributed by atoms with E-state index in [9.17, 15) is 18.0 Å². The van der Waals surface area contributed by atoms with E-state index in [-0.39, 0.29) is 35.5 Å². The Bertz CT molecular complexity index is 1830. The molecule has 1 aliphatic carbocycles. The van der Waals surface area contributed by atoms with Crippen molar-refractivity contribution < 1.29 is 22.7 Å². The number of hydrogen-bond donors (Lipinski definition) is 1. The third-order valence-corrected chi connectivity index (χ3v) is 11.3. The molecule has 49 heavy (non-hydrogen) atoms. The first-order chi connectivity index (χ1) is 23.5. The van der Waals surface area contributed by atoms with Crippen molar-refractivity contribution in [2.75, 3.05) is 18.0 Å². The summed E-state index contributed by atoms with van der Waals surface area (Å²) in [7, 11) is -2.71. The number of methoxy groups -OCH3 is 1. The molecule has 4 aromatic carbocycles. The van der Waals surface area contributed by atoms with Crippen LogP contribution in [0.2, 0.25) is 10.0 Å². The molecule has 0 saturated heterocycles. The first-order valence-corrected chi connectivity index (χ1v) is 18.6. The van der Waals surface area contributed by atoms with Crippen molar-refractivity contribution in [1.29, 1.82) is 0 Å². The second-order valence-corrected chi connectivity index (χ2v) is 15.0. The highest BCUT2D eigenvalue weighted by Crippen LogP contribution is 2.29. The molecular formula is C38H41Cl2N3O5S. The number of sulfonamides is 1. The minimum atomic E-state index is -4.23. The van der Waals surface area contributed by atoms with Gasteiger partial charge in [-0.15, -0.1) is 0 Å². The van der Waals surface area contributed by atoms with Crippen molar-refractivity contribution in [3.63, 3.8) is 0 Å². The van der Waals surface area contributed by atoms with Gasteiger partial charge in [-0.25, -0.2) is 8.42 Å². The lowest BCUT2D eigenvalue weighted by Crippen LogP contribution is -2.55. The van der Waals surface area contributed by atoms with Crippen LogP contribution in [0, 0.1) is 6.92 Å². The third kappa shape index (κ3) is 9.35. The predicted molar refractivity (Wildman–Crippen MR) is 195 cm³/mol. The summed E-state index contributed by atoms with van der Waals surface area (Å²) in [4.78, 5) is 30.5. The molecule has 0 bridgehead atoms.